The molecule has 7 aromatic rings. The molecule has 0 radical (unpaired) electrons. The number of aryl methyl sites for hydroxylation is 1. The van der Waals surface area contributed by atoms with Crippen LogP contribution in [0.25, 0.3) is 21.5 Å². The summed E-state index contributed by atoms with van der Waals surface area (Å²) in [7, 11) is 0. The molecule has 2 atom stereocenters. The fourth-order valence-corrected chi connectivity index (χ4v) is 9.08. The molecule has 11 nitrogen and oxygen atoms in total. The number of aliphatic hydroxyl groups is 2. The number of H-pyrrole nitrogens is 1. The molecule has 12 heteroatoms. The summed E-state index contributed by atoms with van der Waals surface area (Å²) < 4.78 is 5.94. The predicted octanol–water partition coefficient (Wildman–Crippen LogP) is 7.69. The number of fused-ring (bicyclic) bond motifs is 1. The van der Waals surface area contributed by atoms with Crippen molar-refractivity contribution in [3.63, 3.8) is 0 Å². The van der Waals surface area contributed by atoms with Crippen LogP contribution in [0, 0.1) is 5.92 Å². The number of ketones is 1. The zero-order chi connectivity index (χ0) is 43.8. The van der Waals surface area contributed by atoms with E-state index in [1.165, 1.54) is 29.0 Å². The molecule has 0 amide bonds. The SMILES string of the molecule is O=C(CCc1cnc(-c2cccc([C@](O)(C(=O)OCC3CCN(Cc4ccccc4)CC3)c3ccccc3)c2)s1)c1ccc(CNC[C@H](O)c2ccc(O)c3[nH]c(=O)ccc23)cc1. The highest BCUT2D eigenvalue weighted by atomic mass is 32.1. The zero-order valence-electron chi connectivity index (χ0n) is 34.8. The number of thiazole rings is 1. The summed E-state index contributed by atoms with van der Waals surface area (Å²) in [6, 6.07) is 40.0. The summed E-state index contributed by atoms with van der Waals surface area (Å²) >= 11 is 1.47. The average Bonchev–Trinajstić information content (AvgIpc) is 3.80. The van der Waals surface area contributed by atoms with Crippen molar-refractivity contribution in [2.75, 3.05) is 26.2 Å². The molecule has 1 aliphatic heterocycles. The molecule has 1 fully saturated rings. The number of esters is 1. The minimum Gasteiger partial charge on any atom is -0.506 e. The van der Waals surface area contributed by atoms with Crippen LogP contribution in [0.4, 0.5) is 0 Å². The monoisotopic (exact) mass is 862 g/mol. The molecule has 0 aliphatic carbocycles. The van der Waals surface area contributed by atoms with Gasteiger partial charge >= 0.3 is 5.97 Å². The summed E-state index contributed by atoms with van der Waals surface area (Å²) in [6.07, 6.45) is 3.50. The number of carbonyl (C=O) groups excluding carboxylic acids is 2. The second-order valence-corrected chi connectivity index (χ2v) is 17.3. The molecular weight excluding hydrogens is 813 g/mol. The van der Waals surface area contributed by atoms with Crippen molar-refractivity contribution < 1.29 is 29.6 Å². The Morgan fingerprint density at radius 3 is 2.37 bits per heavy atom. The lowest BCUT2D eigenvalue weighted by Gasteiger charge is -2.33. The van der Waals surface area contributed by atoms with E-state index < -0.39 is 17.7 Å². The number of Topliss-reactive ketones (excluding diaryl/α,β-unsaturated/α-hetero) is 1. The van der Waals surface area contributed by atoms with Gasteiger partial charge in [0.25, 0.3) is 0 Å². The van der Waals surface area contributed by atoms with Gasteiger partial charge in [0.2, 0.25) is 11.2 Å². The van der Waals surface area contributed by atoms with Gasteiger partial charge in [0.15, 0.2) is 5.78 Å². The number of phenolic OH excluding ortho intramolecular Hbond substituents is 1. The number of aromatic amines is 1. The lowest BCUT2D eigenvalue weighted by Crippen LogP contribution is -2.40. The van der Waals surface area contributed by atoms with E-state index in [1.807, 2.05) is 36.4 Å². The van der Waals surface area contributed by atoms with Crippen LogP contribution >= 0.6 is 11.3 Å². The summed E-state index contributed by atoms with van der Waals surface area (Å²) in [6.45, 7) is 3.67. The van der Waals surface area contributed by atoms with Gasteiger partial charge in [-0.15, -0.1) is 11.3 Å². The second-order valence-electron chi connectivity index (χ2n) is 16.1. The molecule has 8 rings (SSSR count). The number of carbonyl (C=O) groups is 2. The maximum absolute atomic E-state index is 14.0. The highest BCUT2D eigenvalue weighted by Gasteiger charge is 2.42. The maximum atomic E-state index is 14.0. The van der Waals surface area contributed by atoms with Crippen molar-refractivity contribution in [1.29, 1.82) is 0 Å². The number of hydrogen-bond acceptors (Lipinski definition) is 11. The van der Waals surface area contributed by atoms with E-state index in [4.69, 9.17) is 4.74 Å². The number of hydrogen-bond donors (Lipinski definition) is 5. The fraction of sp³-hybridized carbons (Fsp3) is 0.255. The quantitative estimate of drug-likeness (QED) is 0.0453. The standard InChI is InChI=1S/C51H50N4O7S/c56-44(37-16-14-34(15-17-37)29-52-31-46(58)42-19-22-45(57)48-43(42)20-23-47(59)54-48)21-18-41-30-53-49(63-41)38-10-7-13-40(28-38)51(61,39-11-5-2-6-12-39)50(60)62-33-36-24-26-55(27-25-36)32-35-8-3-1-4-9-35/h1-17,19-20,22-23,28,30,36,46,52,57-58,61H,18,21,24-27,29,31-33H2,(H,54,59)/t46-,51-/m0/s1. The van der Waals surface area contributed by atoms with Crippen LogP contribution in [-0.2, 0) is 34.6 Å². The van der Waals surface area contributed by atoms with E-state index >= 15 is 0 Å². The Bertz CT molecular complexity index is 2710. The predicted molar refractivity (Wildman–Crippen MR) is 244 cm³/mol. The summed E-state index contributed by atoms with van der Waals surface area (Å²) in [4.78, 5) is 49.6. The van der Waals surface area contributed by atoms with Gasteiger partial charge in [0, 0.05) is 65.3 Å². The number of phenols is 1. The number of aliphatic hydroxyl groups excluding tert-OH is 1. The molecule has 3 heterocycles. The van der Waals surface area contributed by atoms with Crippen LogP contribution in [0.15, 0.2) is 144 Å². The molecule has 5 N–H and O–H groups in total. The Morgan fingerprint density at radius 2 is 1.60 bits per heavy atom. The normalized spacial score (nSPS) is 14.9. The number of rotatable bonds is 17. The number of benzene rings is 5. The van der Waals surface area contributed by atoms with Crippen LogP contribution in [-0.4, -0.2) is 68.2 Å². The van der Waals surface area contributed by atoms with Crippen LogP contribution < -0.4 is 10.9 Å². The Labute approximate surface area is 369 Å². The van der Waals surface area contributed by atoms with E-state index in [0.29, 0.717) is 52.0 Å². The van der Waals surface area contributed by atoms with E-state index in [1.54, 1.807) is 66.9 Å². The molecule has 322 valence electrons. The molecule has 5 aromatic carbocycles. The zero-order valence-corrected chi connectivity index (χ0v) is 35.6. The molecule has 0 saturated carbocycles. The van der Waals surface area contributed by atoms with Crippen LogP contribution in [0.3, 0.4) is 0 Å². The largest absolute Gasteiger partial charge is 0.506 e. The van der Waals surface area contributed by atoms with Crippen molar-refractivity contribution in [3.05, 3.63) is 188 Å². The van der Waals surface area contributed by atoms with Crippen molar-refractivity contribution >= 4 is 34.0 Å². The van der Waals surface area contributed by atoms with Crippen LogP contribution in [0.2, 0.25) is 0 Å². The molecule has 0 bridgehead atoms. The minimum atomic E-state index is -2.03. The second kappa shape index (κ2) is 19.8. The first kappa shape index (κ1) is 43.4. The Kier molecular flexibility index (Phi) is 13.7. The Hall–Kier alpha value is -6.28. The van der Waals surface area contributed by atoms with Crippen LogP contribution in [0.5, 0.6) is 5.75 Å². The Morgan fingerprint density at radius 1 is 0.873 bits per heavy atom. The van der Waals surface area contributed by atoms with Gasteiger partial charge in [-0.1, -0.05) is 109 Å². The number of aromatic nitrogens is 2. The first-order valence-electron chi connectivity index (χ1n) is 21.3. The van der Waals surface area contributed by atoms with Crippen molar-refractivity contribution in [3.8, 4) is 16.3 Å². The van der Waals surface area contributed by atoms with Crippen molar-refractivity contribution in [2.45, 2.75) is 50.5 Å². The summed E-state index contributed by atoms with van der Waals surface area (Å²) in [5, 5.41) is 37.8. The molecule has 63 heavy (non-hydrogen) atoms. The lowest BCUT2D eigenvalue weighted by molar-refractivity contribution is -0.164. The van der Waals surface area contributed by atoms with Gasteiger partial charge in [-0.05, 0) is 78.7 Å². The first-order valence-corrected chi connectivity index (χ1v) is 22.1. The molecule has 1 aliphatic rings. The summed E-state index contributed by atoms with van der Waals surface area (Å²) in [5.74, 6) is -0.563. The minimum absolute atomic E-state index is 0.00306. The van der Waals surface area contributed by atoms with Gasteiger partial charge in [0.1, 0.15) is 10.8 Å². The van der Waals surface area contributed by atoms with E-state index in [2.05, 4.69) is 44.5 Å². The highest BCUT2D eigenvalue weighted by Crippen LogP contribution is 2.36. The van der Waals surface area contributed by atoms with E-state index in [-0.39, 0.29) is 41.7 Å². The van der Waals surface area contributed by atoms with Gasteiger partial charge in [-0.25, -0.2) is 9.78 Å². The number of nitrogens with zero attached hydrogens (tertiary/aromatic N) is 2. The summed E-state index contributed by atoms with van der Waals surface area (Å²) in [5.41, 5.74) is 2.87. The number of ether oxygens (including phenoxy) is 1. The third-order valence-corrected chi connectivity index (χ3v) is 12.9. The number of pyridine rings is 1. The average molecular weight is 863 g/mol. The Balaban J connectivity index is 0.848. The number of aromatic hydroxyl groups is 1. The van der Waals surface area contributed by atoms with Crippen molar-refractivity contribution in [2.24, 2.45) is 5.92 Å². The van der Waals surface area contributed by atoms with E-state index in [0.717, 1.165) is 48.5 Å². The molecule has 2 aromatic heterocycles. The van der Waals surface area contributed by atoms with Crippen molar-refractivity contribution in [1.82, 2.24) is 20.2 Å². The van der Waals surface area contributed by atoms with Gasteiger partial charge < -0.3 is 30.4 Å². The van der Waals surface area contributed by atoms with Gasteiger partial charge in [-0.3, -0.25) is 14.5 Å². The van der Waals surface area contributed by atoms with Gasteiger partial charge in [-0.2, -0.15) is 0 Å². The first-order chi connectivity index (χ1) is 30.6. The third kappa shape index (κ3) is 10.3. The fourth-order valence-electron chi connectivity index (χ4n) is 8.17. The number of nitrogens with one attached hydrogen (secondary N) is 2. The van der Waals surface area contributed by atoms with E-state index in [9.17, 15) is 29.7 Å². The molecule has 1 saturated heterocycles. The lowest BCUT2D eigenvalue weighted by atomic mass is 9.85. The van der Waals surface area contributed by atoms with Crippen LogP contribution in [0.1, 0.15) is 68.4 Å². The van der Waals surface area contributed by atoms with Gasteiger partial charge in [0.05, 0.1) is 18.2 Å². The number of likely N-dealkylation sites (tertiary alicyclic amines) is 1. The highest BCUT2D eigenvalue weighted by molar-refractivity contribution is 7.15. The molecular formula is C51H50N4O7S. The smallest absolute Gasteiger partial charge is 0.347 e. The topological polar surface area (TPSA) is 165 Å². The molecule has 0 spiro atoms. The number of piperidine rings is 1. The third-order valence-electron chi connectivity index (χ3n) is 11.8. The molecule has 0 unspecified atom stereocenters. The maximum Gasteiger partial charge on any atom is 0.347 e.